The maximum Gasteiger partial charge on any atom is 0.435 e. The first-order valence-corrected chi connectivity index (χ1v) is 10.6. The summed E-state index contributed by atoms with van der Waals surface area (Å²) < 4.78 is 47.3. The van der Waals surface area contributed by atoms with Crippen molar-refractivity contribution in [1.29, 1.82) is 0 Å². The van der Waals surface area contributed by atoms with E-state index in [1.54, 1.807) is 44.3 Å². The molecule has 0 spiro atoms. The topological polar surface area (TPSA) is 81.2 Å². The molecule has 0 atom stereocenters. The summed E-state index contributed by atoms with van der Waals surface area (Å²) in [7, 11) is 1.58. The molecule has 2 aromatic heterocycles. The minimum absolute atomic E-state index is 0.0670. The van der Waals surface area contributed by atoms with Crippen molar-refractivity contribution in [2.45, 2.75) is 32.4 Å². The number of fused-ring (bicyclic) bond motifs is 2. The Bertz CT molecular complexity index is 1450. The number of Topliss-reactive ketones (excluding diaryl/α,β-unsaturated/α-hetero) is 1. The summed E-state index contributed by atoms with van der Waals surface area (Å²) in [5, 5.41) is 3.75. The molecule has 1 aliphatic carbocycles. The number of benzene rings is 2. The van der Waals surface area contributed by atoms with Crippen molar-refractivity contribution in [3.8, 4) is 5.69 Å². The number of ketones is 1. The number of amides is 1. The van der Waals surface area contributed by atoms with Crippen LogP contribution in [-0.2, 0) is 12.6 Å². The zero-order chi connectivity index (χ0) is 24.2. The molecule has 0 unspecified atom stereocenters. The molecule has 7 nitrogen and oxygen atoms in total. The van der Waals surface area contributed by atoms with Gasteiger partial charge < -0.3 is 9.32 Å². The molecule has 1 amide bonds. The van der Waals surface area contributed by atoms with Gasteiger partial charge in [0.25, 0.3) is 5.91 Å². The highest BCUT2D eigenvalue weighted by molar-refractivity contribution is 6.06. The highest BCUT2D eigenvalue weighted by Gasteiger charge is 2.41. The van der Waals surface area contributed by atoms with Crippen molar-refractivity contribution in [2.24, 2.45) is 0 Å². The van der Waals surface area contributed by atoms with Crippen molar-refractivity contribution in [3.05, 3.63) is 70.9 Å². The number of rotatable bonds is 3. The standard InChI is InChI=1S/C24H19F3N4O3/c1-13-28-18-10-9-15(12-20(18)34-13)30(2)23(33)14-5-3-6-16(11-14)31-21-17(7-4-8-19(21)32)22(29-31)24(25,26)27/h3,5-6,9-12H,4,7-8H2,1-2H3. The van der Waals surface area contributed by atoms with E-state index >= 15 is 0 Å². The molecule has 0 aliphatic heterocycles. The lowest BCUT2D eigenvalue weighted by Gasteiger charge is -2.18. The third kappa shape index (κ3) is 3.64. The molecule has 2 aromatic carbocycles. The molecular weight excluding hydrogens is 449 g/mol. The van der Waals surface area contributed by atoms with Gasteiger partial charge in [-0.1, -0.05) is 6.07 Å². The second kappa shape index (κ2) is 7.82. The van der Waals surface area contributed by atoms with Gasteiger partial charge in [-0.3, -0.25) is 9.59 Å². The number of carbonyl (C=O) groups is 2. The summed E-state index contributed by atoms with van der Waals surface area (Å²) in [5.41, 5.74) is 0.987. The van der Waals surface area contributed by atoms with Crippen molar-refractivity contribution >= 4 is 28.5 Å². The molecule has 1 aliphatic rings. The van der Waals surface area contributed by atoms with E-state index in [-0.39, 0.29) is 41.3 Å². The largest absolute Gasteiger partial charge is 0.441 e. The van der Waals surface area contributed by atoms with Crippen molar-refractivity contribution < 1.29 is 27.2 Å². The van der Waals surface area contributed by atoms with E-state index in [0.717, 1.165) is 4.68 Å². The number of aryl methyl sites for hydroxylation is 1. The molecule has 5 rings (SSSR count). The van der Waals surface area contributed by atoms with Gasteiger partial charge in [0.05, 0.1) is 5.69 Å². The fraction of sp³-hybridized carbons (Fsp3) is 0.250. The summed E-state index contributed by atoms with van der Waals surface area (Å²) in [4.78, 5) is 31.4. The molecule has 0 fully saturated rings. The first-order chi connectivity index (χ1) is 16.1. The van der Waals surface area contributed by atoms with E-state index in [1.807, 2.05) is 0 Å². The van der Waals surface area contributed by atoms with Crippen LogP contribution in [0.3, 0.4) is 0 Å². The van der Waals surface area contributed by atoms with E-state index in [2.05, 4.69) is 10.1 Å². The third-order valence-electron chi connectivity index (χ3n) is 5.86. The summed E-state index contributed by atoms with van der Waals surface area (Å²) >= 11 is 0. The molecule has 34 heavy (non-hydrogen) atoms. The molecule has 10 heteroatoms. The smallest absolute Gasteiger partial charge is 0.435 e. The number of aromatic nitrogens is 3. The number of hydrogen-bond donors (Lipinski definition) is 0. The first-order valence-electron chi connectivity index (χ1n) is 10.6. The third-order valence-corrected chi connectivity index (χ3v) is 5.86. The van der Waals surface area contributed by atoms with Crippen molar-refractivity contribution in [3.63, 3.8) is 0 Å². The maximum atomic E-state index is 13.6. The molecule has 174 valence electrons. The quantitative estimate of drug-likeness (QED) is 0.416. The Morgan fingerprint density at radius 2 is 1.94 bits per heavy atom. The highest BCUT2D eigenvalue weighted by atomic mass is 19.4. The predicted octanol–water partition coefficient (Wildman–Crippen LogP) is 5.14. The Kier molecular flexibility index (Phi) is 5.03. The average Bonchev–Trinajstić information content (AvgIpc) is 3.38. The van der Waals surface area contributed by atoms with Crippen LogP contribution in [0.15, 0.2) is 46.9 Å². The van der Waals surface area contributed by atoms with E-state index < -0.39 is 17.7 Å². The van der Waals surface area contributed by atoms with Gasteiger partial charge in [-0.05, 0) is 43.2 Å². The monoisotopic (exact) mass is 468 g/mol. The Balaban J connectivity index is 1.53. The van der Waals surface area contributed by atoms with Crippen molar-refractivity contribution in [2.75, 3.05) is 11.9 Å². The van der Waals surface area contributed by atoms with E-state index in [9.17, 15) is 22.8 Å². The van der Waals surface area contributed by atoms with Crippen LogP contribution in [0.2, 0.25) is 0 Å². The summed E-state index contributed by atoms with van der Waals surface area (Å²) in [5.74, 6) is -0.279. The van der Waals surface area contributed by atoms with Gasteiger partial charge >= 0.3 is 6.18 Å². The van der Waals surface area contributed by atoms with Crippen LogP contribution in [0, 0.1) is 6.92 Å². The number of anilines is 1. The molecule has 4 aromatic rings. The molecule has 0 N–H and O–H groups in total. The van der Waals surface area contributed by atoms with Gasteiger partial charge in [0.15, 0.2) is 23.0 Å². The number of carbonyl (C=O) groups excluding carboxylic acids is 2. The van der Waals surface area contributed by atoms with Gasteiger partial charge in [0, 0.05) is 43.3 Å². The van der Waals surface area contributed by atoms with Crippen LogP contribution in [0.5, 0.6) is 0 Å². The fourth-order valence-electron chi connectivity index (χ4n) is 4.25. The van der Waals surface area contributed by atoms with Crippen LogP contribution in [0.4, 0.5) is 18.9 Å². The lowest BCUT2D eigenvalue weighted by atomic mass is 9.94. The minimum atomic E-state index is -4.68. The molecule has 2 heterocycles. The van der Waals surface area contributed by atoms with Crippen LogP contribution in [0.25, 0.3) is 16.8 Å². The Morgan fingerprint density at radius 3 is 2.71 bits per heavy atom. The lowest BCUT2D eigenvalue weighted by Crippen LogP contribution is -2.26. The molecular formula is C24H19F3N4O3. The summed E-state index contributed by atoms with van der Waals surface area (Å²) in [6.45, 7) is 1.73. The fourth-order valence-corrected chi connectivity index (χ4v) is 4.25. The Hall–Kier alpha value is -3.95. The molecule has 0 saturated carbocycles. The summed E-state index contributed by atoms with van der Waals surface area (Å²) in [6.07, 6.45) is -4.06. The maximum absolute atomic E-state index is 13.6. The normalized spacial score (nSPS) is 13.9. The minimum Gasteiger partial charge on any atom is -0.441 e. The molecule has 0 bridgehead atoms. The Labute approximate surface area is 191 Å². The van der Waals surface area contributed by atoms with Gasteiger partial charge in [-0.15, -0.1) is 0 Å². The van der Waals surface area contributed by atoms with Crippen molar-refractivity contribution in [1.82, 2.24) is 14.8 Å². The number of hydrogen-bond acceptors (Lipinski definition) is 5. The van der Waals surface area contributed by atoms with Gasteiger partial charge in [0.2, 0.25) is 0 Å². The Morgan fingerprint density at radius 1 is 1.15 bits per heavy atom. The first kappa shape index (κ1) is 21.9. The average molecular weight is 468 g/mol. The van der Waals surface area contributed by atoms with Crippen LogP contribution in [-0.4, -0.2) is 33.5 Å². The van der Waals surface area contributed by atoms with Gasteiger partial charge in [-0.2, -0.15) is 18.3 Å². The number of nitrogens with zero attached hydrogens (tertiary/aromatic N) is 4. The highest BCUT2D eigenvalue weighted by Crippen LogP contribution is 2.37. The van der Waals surface area contributed by atoms with Gasteiger partial charge in [-0.25, -0.2) is 9.67 Å². The number of oxazole rings is 1. The molecule has 0 radical (unpaired) electrons. The number of halogens is 3. The second-order valence-electron chi connectivity index (χ2n) is 8.16. The van der Waals surface area contributed by atoms with E-state index in [0.29, 0.717) is 29.1 Å². The SMILES string of the molecule is Cc1nc2ccc(N(C)C(=O)c3cccc(-n4nc(C(F)(F)F)c5c4C(=O)CCC5)c3)cc2o1. The van der Waals surface area contributed by atoms with Crippen LogP contribution in [0.1, 0.15) is 50.8 Å². The number of alkyl halides is 3. The zero-order valence-corrected chi connectivity index (χ0v) is 18.3. The van der Waals surface area contributed by atoms with E-state index in [1.165, 1.54) is 17.0 Å². The summed E-state index contributed by atoms with van der Waals surface area (Å²) in [6, 6.07) is 11.2. The van der Waals surface area contributed by atoms with Crippen LogP contribution >= 0.6 is 0 Å². The predicted molar refractivity (Wildman–Crippen MR) is 117 cm³/mol. The molecule has 0 saturated heterocycles. The van der Waals surface area contributed by atoms with Gasteiger partial charge in [0.1, 0.15) is 11.2 Å². The zero-order valence-electron chi connectivity index (χ0n) is 18.3. The second-order valence-corrected chi connectivity index (χ2v) is 8.16. The lowest BCUT2D eigenvalue weighted by molar-refractivity contribution is -0.142. The van der Waals surface area contributed by atoms with E-state index in [4.69, 9.17) is 4.42 Å². The van der Waals surface area contributed by atoms with Crippen LogP contribution < -0.4 is 4.90 Å².